The number of hydrogen-bond donors (Lipinski definition) is 0. The SMILES string of the molecule is c1ccc(-c2cc(-c3ccccc3)cc(-c3cc(-c4ccc(-c5cccc(-c6ccc7c8ccccc8c8ccccc8c7c6)c5)cc4)cc(-c4ccc5c6ccccc6c6ccccc6c5c4)c3)c2)cc1. The van der Waals surface area contributed by atoms with Gasteiger partial charge in [-0.15, -0.1) is 0 Å². The van der Waals surface area contributed by atoms with Crippen LogP contribution < -0.4 is 0 Å². The van der Waals surface area contributed by atoms with E-state index in [9.17, 15) is 0 Å². The second kappa shape index (κ2) is 17.2. The summed E-state index contributed by atoms with van der Waals surface area (Å²) in [5.41, 5.74) is 16.7. The summed E-state index contributed by atoms with van der Waals surface area (Å²) in [6.45, 7) is 0. The third-order valence-electron chi connectivity index (χ3n) is 15.0. The Kier molecular flexibility index (Phi) is 9.96. The molecule has 334 valence electrons. The van der Waals surface area contributed by atoms with E-state index >= 15 is 0 Å². The van der Waals surface area contributed by atoms with Gasteiger partial charge in [0.1, 0.15) is 0 Å². The molecular formula is C72H46. The summed E-state index contributed by atoms with van der Waals surface area (Å²) < 4.78 is 0. The molecule has 0 heterocycles. The molecule has 0 aliphatic carbocycles. The second-order valence-corrected chi connectivity index (χ2v) is 19.2. The first-order chi connectivity index (χ1) is 35.7. The van der Waals surface area contributed by atoms with Crippen LogP contribution in [-0.4, -0.2) is 0 Å². The molecular weight excluding hydrogens is 865 g/mol. The molecule has 0 nitrogen and oxygen atoms in total. The largest absolute Gasteiger partial charge is 0.0622 e. The van der Waals surface area contributed by atoms with Crippen molar-refractivity contribution in [1.29, 1.82) is 0 Å². The summed E-state index contributed by atoms with van der Waals surface area (Å²) in [4.78, 5) is 0. The van der Waals surface area contributed by atoms with Gasteiger partial charge in [0.05, 0.1) is 0 Å². The van der Waals surface area contributed by atoms with Gasteiger partial charge in [-0.25, -0.2) is 0 Å². The first-order valence-corrected chi connectivity index (χ1v) is 25.0. The van der Waals surface area contributed by atoms with Gasteiger partial charge in [-0.3, -0.25) is 0 Å². The van der Waals surface area contributed by atoms with Crippen LogP contribution >= 0.6 is 0 Å². The van der Waals surface area contributed by atoms with Gasteiger partial charge in [-0.05, 0) is 197 Å². The molecule has 14 aromatic rings. The fourth-order valence-electron chi connectivity index (χ4n) is 11.4. The van der Waals surface area contributed by atoms with E-state index < -0.39 is 0 Å². The first kappa shape index (κ1) is 41.6. The molecule has 0 saturated carbocycles. The number of hydrogen-bond acceptors (Lipinski definition) is 0. The predicted octanol–water partition coefficient (Wildman–Crippen LogP) is 20.3. The average molecular weight is 911 g/mol. The summed E-state index contributed by atoms with van der Waals surface area (Å²) in [6, 6.07) is 103. The zero-order chi connectivity index (χ0) is 47.5. The van der Waals surface area contributed by atoms with Crippen molar-refractivity contribution in [3.63, 3.8) is 0 Å². The average Bonchev–Trinajstić information content (AvgIpc) is 3.47. The van der Waals surface area contributed by atoms with Crippen molar-refractivity contribution < 1.29 is 0 Å². The number of benzene rings is 14. The highest BCUT2D eigenvalue weighted by Crippen LogP contribution is 2.42. The number of rotatable bonds is 7. The third kappa shape index (κ3) is 7.24. The van der Waals surface area contributed by atoms with E-state index in [0.29, 0.717) is 0 Å². The topological polar surface area (TPSA) is 0 Å². The molecule has 0 spiro atoms. The van der Waals surface area contributed by atoms with E-state index in [1.807, 2.05) is 0 Å². The monoisotopic (exact) mass is 910 g/mol. The minimum atomic E-state index is 1.17. The summed E-state index contributed by atoms with van der Waals surface area (Å²) in [5.74, 6) is 0. The van der Waals surface area contributed by atoms with Crippen LogP contribution in [0.1, 0.15) is 0 Å². The molecule has 0 aliphatic heterocycles. The zero-order valence-corrected chi connectivity index (χ0v) is 39.6. The van der Waals surface area contributed by atoms with Gasteiger partial charge in [0.15, 0.2) is 0 Å². The molecule has 0 saturated heterocycles. The summed E-state index contributed by atoms with van der Waals surface area (Å²) in [5, 5.41) is 15.4. The van der Waals surface area contributed by atoms with E-state index in [4.69, 9.17) is 0 Å². The highest BCUT2D eigenvalue weighted by atomic mass is 14.2. The molecule has 0 bridgehead atoms. The van der Waals surface area contributed by atoms with Gasteiger partial charge in [0.25, 0.3) is 0 Å². The molecule has 0 aliphatic rings. The lowest BCUT2D eigenvalue weighted by molar-refractivity contribution is 1.55. The molecule has 14 aromatic carbocycles. The molecule has 0 atom stereocenters. The van der Waals surface area contributed by atoms with Crippen LogP contribution in [0.5, 0.6) is 0 Å². The van der Waals surface area contributed by atoms with Crippen LogP contribution in [0, 0.1) is 0 Å². The highest BCUT2D eigenvalue weighted by Gasteiger charge is 2.16. The van der Waals surface area contributed by atoms with E-state index in [-0.39, 0.29) is 0 Å². The van der Waals surface area contributed by atoms with E-state index in [1.54, 1.807) is 0 Å². The number of fused-ring (bicyclic) bond motifs is 12. The summed E-state index contributed by atoms with van der Waals surface area (Å²) in [7, 11) is 0. The minimum Gasteiger partial charge on any atom is -0.0622 e. The molecule has 0 N–H and O–H groups in total. The van der Waals surface area contributed by atoms with Gasteiger partial charge in [0.2, 0.25) is 0 Å². The Morgan fingerprint density at radius 1 is 0.0972 bits per heavy atom. The molecule has 14 rings (SSSR count). The van der Waals surface area contributed by atoms with Crippen molar-refractivity contribution in [1.82, 2.24) is 0 Å². The maximum absolute atomic E-state index is 2.42. The fraction of sp³-hybridized carbons (Fsp3) is 0. The Morgan fingerprint density at radius 2 is 0.292 bits per heavy atom. The van der Waals surface area contributed by atoms with E-state index in [1.165, 1.54) is 143 Å². The zero-order valence-electron chi connectivity index (χ0n) is 39.6. The maximum atomic E-state index is 2.42. The lowest BCUT2D eigenvalue weighted by atomic mass is 9.88. The Labute approximate surface area is 419 Å². The van der Waals surface area contributed by atoms with Gasteiger partial charge < -0.3 is 0 Å². The maximum Gasteiger partial charge on any atom is -0.00928 e. The van der Waals surface area contributed by atoms with E-state index in [0.717, 1.165) is 0 Å². The standard InChI is InChI=1S/C72H46/c1-3-16-47(17-4-1)55-39-56(48-18-5-2-6-19-48)42-59(41-55)60-43-57(40-58(44-60)54-35-37-70-66-27-10-8-23-62(66)64-25-12-14-29-68(64)72(70)46-54)50-32-30-49(31-33-50)51-20-15-21-52(38-51)53-34-36-69-65-26-9-7-22-61(65)63-24-11-13-28-67(63)71(69)45-53/h1-46H. The second-order valence-electron chi connectivity index (χ2n) is 19.2. The smallest absolute Gasteiger partial charge is 0.00928 e. The fourth-order valence-corrected chi connectivity index (χ4v) is 11.4. The molecule has 72 heavy (non-hydrogen) atoms. The molecule has 0 aromatic heterocycles. The predicted molar refractivity (Wildman–Crippen MR) is 310 cm³/mol. The van der Waals surface area contributed by atoms with Crippen molar-refractivity contribution in [2.75, 3.05) is 0 Å². The molecule has 0 amide bonds. The van der Waals surface area contributed by atoms with Crippen LogP contribution in [0.4, 0.5) is 0 Å². The Morgan fingerprint density at radius 3 is 0.667 bits per heavy atom. The molecule has 0 unspecified atom stereocenters. The van der Waals surface area contributed by atoms with Gasteiger partial charge in [-0.2, -0.15) is 0 Å². The third-order valence-corrected chi connectivity index (χ3v) is 15.0. The minimum absolute atomic E-state index is 1.17. The summed E-state index contributed by atoms with van der Waals surface area (Å²) >= 11 is 0. The van der Waals surface area contributed by atoms with Crippen LogP contribution in [-0.2, 0) is 0 Å². The van der Waals surface area contributed by atoms with Gasteiger partial charge >= 0.3 is 0 Å². The first-order valence-electron chi connectivity index (χ1n) is 25.0. The van der Waals surface area contributed by atoms with Gasteiger partial charge in [-0.1, -0.05) is 224 Å². The van der Waals surface area contributed by atoms with Crippen molar-refractivity contribution in [3.05, 3.63) is 279 Å². The van der Waals surface area contributed by atoms with Crippen molar-refractivity contribution in [3.8, 4) is 77.9 Å². The summed E-state index contributed by atoms with van der Waals surface area (Å²) in [6.07, 6.45) is 0. The van der Waals surface area contributed by atoms with Crippen LogP contribution in [0.25, 0.3) is 143 Å². The Balaban J connectivity index is 0.898. The molecule has 0 fully saturated rings. The lowest BCUT2D eigenvalue weighted by Gasteiger charge is -2.16. The molecule has 0 heteroatoms. The van der Waals surface area contributed by atoms with Gasteiger partial charge in [0, 0.05) is 0 Å². The Hall–Kier alpha value is -9.36. The van der Waals surface area contributed by atoms with Crippen LogP contribution in [0.15, 0.2) is 279 Å². The van der Waals surface area contributed by atoms with E-state index in [2.05, 4.69) is 279 Å². The molecule has 0 radical (unpaired) electrons. The van der Waals surface area contributed by atoms with Crippen molar-refractivity contribution >= 4 is 64.6 Å². The lowest BCUT2D eigenvalue weighted by Crippen LogP contribution is -1.90. The van der Waals surface area contributed by atoms with Crippen LogP contribution in [0.2, 0.25) is 0 Å². The Bertz CT molecular complexity index is 4280. The quantitative estimate of drug-likeness (QED) is 0.140. The normalized spacial score (nSPS) is 11.6. The highest BCUT2D eigenvalue weighted by molar-refractivity contribution is 6.27. The van der Waals surface area contributed by atoms with Crippen molar-refractivity contribution in [2.24, 2.45) is 0 Å². The van der Waals surface area contributed by atoms with Crippen LogP contribution in [0.3, 0.4) is 0 Å². The van der Waals surface area contributed by atoms with Crippen molar-refractivity contribution in [2.45, 2.75) is 0 Å².